The van der Waals surface area contributed by atoms with Gasteiger partial charge in [0.25, 0.3) is 5.91 Å². The quantitative estimate of drug-likeness (QED) is 0.607. The molecule has 160 valence electrons. The van der Waals surface area contributed by atoms with E-state index in [2.05, 4.69) is 20.2 Å². The Bertz CT molecular complexity index is 1250. The molecule has 0 aliphatic heterocycles. The molecule has 9 nitrogen and oxygen atoms in total. The third-order valence-corrected chi connectivity index (χ3v) is 6.08. The monoisotopic (exact) mass is 442 g/mol. The molecule has 0 N–H and O–H groups in total. The second kappa shape index (κ2) is 7.31. The van der Waals surface area contributed by atoms with Gasteiger partial charge in [-0.3, -0.25) is 4.79 Å². The average molecular weight is 442 g/mol. The summed E-state index contributed by atoms with van der Waals surface area (Å²) in [5, 5.41) is 6.74. The number of aromatic nitrogens is 5. The predicted molar refractivity (Wildman–Crippen MR) is 100 cm³/mol. The van der Waals surface area contributed by atoms with Gasteiger partial charge in [0.05, 0.1) is 10.6 Å². The van der Waals surface area contributed by atoms with Gasteiger partial charge in [-0.1, -0.05) is 6.92 Å². The lowest BCUT2D eigenvalue weighted by molar-refractivity contribution is -0.141. The molecule has 0 atom stereocenters. The van der Waals surface area contributed by atoms with Gasteiger partial charge in [-0.05, 0) is 12.1 Å². The summed E-state index contributed by atoms with van der Waals surface area (Å²) in [5.41, 5.74) is -1.56. The zero-order valence-corrected chi connectivity index (χ0v) is 17.2. The van der Waals surface area contributed by atoms with Crippen molar-refractivity contribution >= 4 is 26.9 Å². The van der Waals surface area contributed by atoms with Crippen molar-refractivity contribution in [3.8, 4) is 11.5 Å². The Morgan fingerprint density at radius 2 is 1.83 bits per heavy atom. The first-order valence-corrected chi connectivity index (χ1v) is 10.2. The van der Waals surface area contributed by atoms with Gasteiger partial charge in [0, 0.05) is 27.2 Å². The van der Waals surface area contributed by atoms with E-state index in [4.69, 9.17) is 0 Å². The fraction of sp³-hybridized carbons (Fsp3) is 0.353. The number of nitrogens with zero attached hydrogens (tertiary/aromatic N) is 6. The first-order valence-electron chi connectivity index (χ1n) is 8.60. The van der Waals surface area contributed by atoms with Gasteiger partial charge in [-0.25, -0.2) is 18.4 Å². The maximum absolute atomic E-state index is 13.0. The molecule has 1 amide bonds. The van der Waals surface area contributed by atoms with Crippen LogP contribution in [0.15, 0.2) is 23.1 Å². The first kappa shape index (κ1) is 21.6. The molecule has 0 fully saturated rings. The largest absolute Gasteiger partial charge is 0.435 e. The molecule has 3 heterocycles. The molecule has 0 saturated carbocycles. The van der Waals surface area contributed by atoms with E-state index in [1.807, 2.05) is 0 Å². The van der Waals surface area contributed by atoms with Crippen LogP contribution in [0.2, 0.25) is 0 Å². The summed E-state index contributed by atoms with van der Waals surface area (Å²) in [6.45, 7) is 1.44. The van der Waals surface area contributed by atoms with Gasteiger partial charge in [0.15, 0.2) is 27.0 Å². The summed E-state index contributed by atoms with van der Waals surface area (Å²) in [7, 11) is 0.667. The first-order chi connectivity index (χ1) is 13.9. The third-order valence-electron chi connectivity index (χ3n) is 4.32. The highest BCUT2D eigenvalue weighted by Gasteiger charge is 2.34. The highest BCUT2D eigenvalue weighted by molar-refractivity contribution is 7.91. The van der Waals surface area contributed by atoms with Crippen molar-refractivity contribution in [1.29, 1.82) is 0 Å². The van der Waals surface area contributed by atoms with E-state index < -0.39 is 27.6 Å². The van der Waals surface area contributed by atoms with Gasteiger partial charge < -0.3 is 9.47 Å². The number of carbonyl (C=O) groups is 1. The summed E-state index contributed by atoms with van der Waals surface area (Å²) in [6.07, 6.45) is -4.72. The van der Waals surface area contributed by atoms with E-state index in [0.29, 0.717) is 6.07 Å². The number of pyridine rings is 1. The van der Waals surface area contributed by atoms with Crippen LogP contribution in [0.25, 0.3) is 22.7 Å². The van der Waals surface area contributed by atoms with E-state index >= 15 is 0 Å². The second-order valence-electron chi connectivity index (χ2n) is 6.58. The summed E-state index contributed by atoms with van der Waals surface area (Å²) < 4.78 is 65.3. The Morgan fingerprint density at radius 3 is 2.40 bits per heavy atom. The molecule has 0 saturated heterocycles. The Labute approximate surface area is 169 Å². The maximum Gasteiger partial charge on any atom is 0.435 e. The van der Waals surface area contributed by atoms with E-state index in [-0.39, 0.29) is 39.0 Å². The SMILES string of the molecule is CCS(=O)(=O)c1ccc(C(=O)N(C)C)nc1-c1nc2cc(C(F)(F)F)nnc2n1C. The van der Waals surface area contributed by atoms with Crippen molar-refractivity contribution in [3.05, 3.63) is 29.6 Å². The molecule has 13 heteroatoms. The van der Waals surface area contributed by atoms with Crippen molar-refractivity contribution < 1.29 is 26.4 Å². The van der Waals surface area contributed by atoms with Crippen LogP contribution in [-0.2, 0) is 23.1 Å². The van der Waals surface area contributed by atoms with Crippen molar-refractivity contribution in [3.63, 3.8) is 0 Å². The van der Waals surface area contributed by atoms with Gasteiger partial charge >= 0.3 is 6.18 Å². The molecule has 0 spiro atoms. The molecule has 0 aromatic carbocycles. The van der Waals surface area contributed by atoms with E-state index in [1.165, 1.54) is 49.7 Å². The lowest BCUT2D eigenvalue weighted by Crippen LogP contribution is -2.23. The molecular weight excluding hydrogens is 425 g/mol. The van der Waals surface area contributed by atoms with Crippen LogP contribution in [0.1, 0.15) is 23.1 Å². The van der Waals surface area contributed by atoms with Crippen molar-refractivity contribution in [2.45, 2.75) is 18.0 Å². The minimum Gasteiger partial charge on any atom is -0.343 e. The third kappa shape index (κ3) is 3.72. The lowest BCUT2D eigenvalue weighted by atomic mass is 10.2. The van der Waals surface area contributed by atoms with Gasteiger partial charge in [-0.15, -0.1) is 10.2 Å². The number of rotatable bonds is 4. The molecule has 3 rings (SSSR count). The molecule has 30 heavy (non-hydrogen) atoms. The standard InChI is InChI=1S/C17H17F3N6O3S/c1-5-30(28,29)11-7-6-9(16(27)25(2)3)21-13(11)15-22-10-8-12(17(18,19)20)23-24-14(10)26(15)4/h6-8H,5H2,1-4H3. The molecule has 0 aliphatic carbocycles. The lowest BCUT2D eigenvalue weighted by Gasteiger charge is -2.13. The summed E-state index contributed by atoms with van der Waals surface area (Å²) in [6, 6.07) is 3.23. The van der Waals surface area contributed by atoms with E-state index in [0.717, 1.165) is 0 Å². The number of halogens is 3. The Balaban J connectivity index is 2.32. The van der Waals surface area contributed by atoms with E-state index in [1.54, 1.807) is 0 Å². The van der Waals surface area contributed by atoms with Crippen LogP contribution in [0.4, 0.5) is 13.2 Å². The van der Waals surface area contributed by atoms with Crippen LogP contribution < -0.4 is 0 Å². The minimum atomic E-state index is -4.72. The molecule has 3 aromatic rings. The predicted octanol–water partition coefficient (Wildman–Crippen LogP) is 1.94. The molecule has 0 unspecified atom stereocenters. The Kier molecular flexibility index (Phi) is 5.26. The van der Waals surface area contributed by atoms with Gasteiger partial charge in [-0.2, -0.15) is 13.2 Å². The topological polar surface area (TPSA) is 111 Å². The highest BCUT2D eigenvalue weighted by Crippen LogP contribution is 2.31. The Morgan fingerprint density at radius 1 is 1.17 bits per heavy atom. The van der Waals surface area contributed by atoms with Crippen LogP contribution in [-0.4, -0.2) is 63.8 Å². The molecule has 0 bridgehead atoms. The van der Waals surface area contributed by atoms with E-state index in [9.17, 15) is 26.4 Å². The van der Waals surface area contributed by atoms with Crippen LogP contribution in [0.3, 0.4) is 0 Å². The van der Waals surface area contributed by atoms with Gasteiger partial charge in [0.1, 0.15) is 16.9 Å². The summed E-state index contributed by atoms with van der Waals surface area (Å²) >= 11 is 0. The van der Waals surface area contributed by atoms with Crippen LogP contribution in [0, 0.1) is 0 Å². The number of hydrogen-bond acceptors (Lipinski definition) is 7. The molecule has 0 aliphatic rings. The van der Waals surface area contributed by atoms with Crippen LogP contribution in [0.5, 0.6) is 0 Å². The second-order valence-corrected chi connectivity index (χ2v) is 8.82. The fourth-order valence-corrected chi connectivity index (χ4v) is 3.72. The highest BCUT2D eigenvalue weighted by atomic mass is 32.2. The maximum atomic E-state index is 13.0. The molecule has 0 radical (unpaired) electrons. The van der Waals surface area contributed by atoms with Crippen molar-refractivity contribution in [2.75, 3.05) is 19.8 Å². The summed E-state index contributed by atoms with van der Waals surface area (Å²) in [4.78, 5) is 21.7. The Hall–Kier alpha value is -3.09. The summed E-state index contributed by atoms with van der Waals surface area (Å²) in [5.74, 6) is -0.779. The zero-order chi connectivity index (χ0) is 22.4. The molecular formula is C17H17F3N6O3S. The normalized spacial score (nSPS) is 12.4. The number of aryl methyl sites for hydroxylation is 1. The zero-order valence-electron chi connectivity index (χ0n) is 16.4. The number of fused-ring (bicyclic) bond motifs is 1. The van der Waals surface area contributed by atoms with Crippen molar-refractivity contribution in [1.82, 2.24) is 29.6 Å². The average Bonchev–Trinajstić information content (AvgIpc) is 3.02. The van der Waals surface area contributed by atoms with Crippen LogP contribution >= 0.6 is 0 Å². The van der Waals surface area contributed by atoms with Crippen molar-refractivity contribution in [2.24, 2.45) is 7.05 Å². The number of sulfone groups is 1. The van der Waals surface area contributed by atoms with Gasteiger partial charge in [0.2, 0.25) is 0 Å². The number of hydrogen-bond donors (Lipinski definition) is 0. The number of imidazole rings is 1. The number of alkyl halides is 3. The number of carbonyl (C=O) groups excluding carboxylic acids is 1. The molecule has 3 aromatic heterocycles. The smallest absolute Gasteiger partial charge is 0.343 e. The number of amides is 1. The minimum absolute atomic E-state index is 0.00369. The fourth-order valence-electron chi connectivity index (χ4n) is 2.70.